The topological polar surface area (TPSA) is 92.4 Å². The number of carbonyl (C=O) groups is 1. The van der Waals surface area contributed by atoms with Gasteiger partial charge in [0.05, 0.1) is 11.9 Å². The summed E-state index contributed by atoms with van der Waals surface area (Å²) < 4.78 is 1.62. The molecule has 7 nitrogen and oxygen atoms in total. The molecule has 29 heavy (non-hydrogen) atoms. The third-order valence-corrected chi connectivity index (χ3v) is 4.15. The third kappa shape index (κ3) is 4.03. The van der Waals surface area contributed by atoms with Crippen LogP contribution in [0.1, 0.15) is 16.2 Å². The van der Waals surface area contributed by atoms with Gasteiger partial charge in [-0.25, -0.2) is 15.1 Å². The number of hydrazone groups is 1. The number of rotatable bonds is 5. The van der Waals surface area contributed by atoms with Crippen LogP contribution in [0.2, 0.25) is 0 Å². The quantitative estimate of drug-likeness (QED) is 0.408. The predicted molar refractivity (Wildman–Crippen MR) is 110 cm³/mol. The molecule has 7 heteroatoms. The highest BCUT2D eigenvalue weighted by Gasteiger charge is 2.18. The molecule has 4 aromatic rings. The fourth-order valence-electron chi connectivity index (χ4n) is 2.74. The standard InChI is InChI=1S/C22H17N5O2/c28-19-14-8-7-11-17(19)15-23-25-22(29)20-24-21(16-9-3-1-4-10-16)27(26-20)18-12-5-2-6-13-18/h1-15,28H,(H,25,29)/b23-15-. The van der Waals surface area contributed by atoms with Gasteiger partial charge in [0.2, 0.25) is 5.82 Å². The first-order valence-corrected chi connectivity index (χ1v) is 8.91. The molecule has 0 radical (unpaired) electrons. The Balaban J connectivity index is 1.63. The largest absolute Gasteiger partial charge is 0.507 e. The van der Waals surface area contributed by atoms with Gasteiger partial charge in [-0.2, -0.15) is 5.10 Å². The number of hydrogen-bond acceptors (Lipinski definition) is 5. The average molecular weight is 383 g/mol. The van der Waals surface area contributed by atoms with E-state index >= 15 is 0 Å². The minimum absolute atomic E-state index is 0.0119. The number of aromatic hydroxyl groups is 1. The summed E-state index contributed by atoms with van der Waals surface area (Å²) in [6.07, 6.45) is 1.36. The molecule has 0 bridgehead atoms. The lowest BCUT2D eigenvalue weighted by molar-refractivity contribution is 0.0945. The van der Waals surface area contributed by atoms with Crippen LogP contribution in [0.15, 0.2) is 90.0 Å². The Labute approximate surface area is 167 Å². The Morgan fingerprint density at radius 2 is 1.59 bits per heavy atom. The first-order chi connectivity index (χ1) is 14.2. The SMILES string of the molecule is O=C(N/N=C\c1ccccc1O)c1nc(-c2ccccc2)n(-c2ccccc2)n1. The number of amides is 1. The van der Waals surface area contributed by atoms with Gasteiger partial charge < -0.3 is 5.11 Å². The van der Waals surface area contributed by atoms with Crippen molar-refractivity contribution >= 4 is 12.1 Å². The molecule has 1 heterocycles. The van der Waals surface area contributed by atoms with Gasteiger partial charge in [0, 0.05) is 11.1 Å². The predicted octanol–water partition coefficient (Wildman–Crippen LogP) is 3.40. The summed E-state index contributed by atoms with van der Waals surface area (Å²) in [5.74, 6) is 0.0562. The van der Waals surface area contributed by atoms with Crippen LogP contribution in [0.4, 0.5) is 0 Å². The Hall–Kier alpha value is -4.26. The van der Waals surface area contributed by atoms with E-state index in [1.54, 1.807) is 28.9 Å². The van der Waals surface area contributed by atoms with E-state index in [9.17, 15) is 9.90 Å². The zero-order valence-corrected chi connectivity index (χ0v) is 15.3. The summed E-state index contributed by atoms with van der Waals surface area (Å²) in [5.41, 5.74) is 4.51. The Morgan fingerprint density at radius 3 is 2.31 bits per heavy atom. The van der Waals surface area contributed by atoms with Crippen molar-refractivity contribution in [1.29, 1.82) is 0 Å². The van der Waals surface area contributed by atoms with Crippen molar-refractivity contribution in [3.8, 4) is 22.8 Å². The normalized spacial score (nSPS) is 10.9. The summed E-state index contributed by atoms with van der Waals surface area (Å²) in [6, 6.07) is 25.7. The fraction of sp³-hybridized carbons (Fsp3) is 0. The van der Waals surface area contributed by atoms with Gasteiger partial charge in [0.1, 0.15) is 5.75 Å². The zero-order valence-electron chi connectivity index (χ0n) is 15.3. The van der Waals surface area contributed by atoms with Crippen LogP contribution in [-0.4, -0.2) is 32.0 Å². The maximum Gasteiger partial charge on any atom is 0.311 e. The molecule has 0 unspecified atom stereocenters. The molecule has 0 spiro atoms. The third-order valence-electron chi connectivity index (χ3n) is 4.15. The summed E-state index contributed by atoms with van der Waals surface area (Å²) in [7, 11) is 0. The van der Waals surface area contributed by atoms with Gasteiger partial charge in [-0.1, -0.05) is 60.7 Å². The van der Waals surface area contributed by atoms with Crippen molar-refractivity contribution in [3.63, 3.8) is 0 Å². The van der Waals surface area contributed by atoms with Crippen molar-refractivity contribution in [3.05, 3.63) is 96.3 Å². The van der Waals surface area contributed by atoms with Gasteiger partial charge in [0.25, 0.3) is 0 Å². The van der Waals surface area contributed by atoms with Crippen LogP contribution < -0.4 is 5.43 Å². The van der Waals surface area contributed by atoms with E-state index in [1.807, 2.05) is 60.7 Å². The number of benzene rings is 3. The van der Waals surface area contributed by atoms with E-state index in [2.05, 4.69) is 20.6 Å². The fourth-order valence-corrected chi connectivity index (χ4v) is 2.74. The molecule has 3 aromatic carbocycles. The molecule has 4 rings (SSSR count). The van der Waals surface area contributed by atoms with E-state index in [1.165, 1.54) is 6.21 Å². The maximum absolute atomic E-state index is 12.5. The zero-order chi connectivity index (χ0) is 20.1. The molecule has 0 atom stereocenters. The monoisotopic (exact) mass is 383 g/mol. The molecule has 1 amide bonds. The number of para-hydroxylation sites is 2. The van der Waals surface area contributed by atoms with Crippen LogP contribution >= 0.6 is 0 Å². The van der Waals surface area contributed by atoms with Crippen molar-refractivity contribution in [1.82, 2.24) is 20.2 Å². The summed E-state index contributed by atoms with van der Waals surface area (Å²) in [4.78, 5) is 16.9. The van der Waals surface area contributed by atoms with Crippen molar-refractivity contribution in [2.75, 3.05) is 0 Å². The lowest BCUT2D eigenvalue weighted by atomic mass is 10.2. The number of phenols is 1. The van der Waals surface area contributed by atoms with E-state index in [4.69, 9.17) is 0 Å². The second-order valence-corrected chi connectivity index (χ2v) is 6.13. The van der Waals surface area contributed by atoms with Crippen molar-refractivity contribution in [2.24, 2.45) is 5.10 Å². The number of nitrogens with one attached hydrogen (secondary N) is 1. The summed E-state index contributed by atoms with van der Waals surface area (Å²) >= 11 is 0. The molecule has 2 N–H and O–H groups in total. The van der Waals surface area contributed by atoms with Crippen molar-refractivity contribution < 1.29 is 9.90 Å². The van der Waals surface area contributed by atoms with Gasteiger partial charge >= 0.3 is 5.91 Å². The smallest absolute Gasteiger partial charge is 0.311 e. The molecular formula is C22H17N5O2. The Bertz CT molecular complexity index is 1100. The van der Waals surface area contributed by atoms with E-state index in [-0.39, 0.29) is 11.6 Å². The molecule has 0 aliphatic heterocycles. The van der Waals surface area contributed by atoms with Crippen LogP contribution in [0, 0.1) is 0 Å². The molecule has 0 aliphatic rings. The Morgan fingerprint density at radius 1 is 0.931 bits per heavy atom. The average Bonchev–Trinajstić information content (AvgIpc) is 3.22. The van der Waals surface area contributed by atoms with Crippen LogP contribution in [0.5, 0.6) is 5.75 Å². The van der Waals surface area contributed by atoms with Crippen LogP contribution in [0.3, 0.4) is 0 Å². The second-order valence-electron chi connectivity index (χ2n) is 6.13. The molecule has 0 fully saturated rings. The number of nitrogens with zero attached hydrogens (tertiary/aromatic N) is 4. The second kappa shape index (κ2) is 8.18. The molecule has 0 aliphatic carbocycles. The Kier molecular flexibility index (Phi) is 5.11. The first kappa shape index (κ1) is 18.1. The molecule has 142 valence electrons. The highest BCUT2D eigenvalue weighted by atomic mass is 16.3. The number of aromatic nitrogens is 3. The van der Waals surface area contributed by atoms with Crippen molar-refractivity contribution in [2.45, 2.75) is 0 Å². The first-order valence-electron chi connectivity index (χ1n) is 8.91. The molecule has 0 saturated heterocycles. The minimum Gasteiger partial charge on any atom is -0.507 e. The van der Waals surface area contributed by atoms with Crippen LogP contribution in [0.25, 0.3) is 17.1 Å². The van der Waals surface area contributed by atoms with E-state index in [0.29, 0.717) is 11.4 Å². The van der Waals surface area contributed by atoms with Crippen LogP contribution in [-0.2, 0) is 0 Å². The molecule has 1 aromatic heterocycles. The molecular weight excluding hydrogens is 366 g/mol. The number of hydrogen-bond donors (Lipinski definition) is 2. The number of phenolic OH excluding ortho intramolecular Hbond substituents is 1. The van der Waals surface area contributed by atoms with E-state index < -0.39 is 5.91 Å². The number of carbonyl (C=O) groups excluding carboxylic acids is 1. The van der Waals surface area contributed by atoms with E-state index in [0.717, 1.165) is 11.3 Å². The highest BCUT2D eigenvalue weighted by Crippen LogP contribution is 2.21. The lowest BCUT2D eigenvalue weighted by Gasteiger charge is -2.05. The van der Waals surface area contributed by atoms with Gasteiger partial charge in [0.15, 0.2) is 5.82 Å². The summed E-state index contributed by atoms with van der Waals surface area (Å²) in [6.45, 7) is 0. The molecule has 0 saturated carbocycles. The minimum atomic E-state index is -0.552. The van der Waals surface area contributed by atoms with Gasteiger partial charge in [-0.05, 0) is 24.3 Å². The van der Waals surface area contributed by atoms with Gasteiger partial charge in [-0.15, -0.1) is 5.10 Å². The maximum atomic E-state index is 12.5. The van der Waals surface area contributed by atoms with Gasteiger partial charge in [-0.3, -0.25) is 4.79 Å². The highest BCUT2D eigenvalue weighted by molar-refractivity contribution is 5.92. The summed E-state index contributed by atoms with van der Waals surface area (Å²) in [5, 5.41) is 18.0. The lowest BCUT2D eigenvalue weighted by Crippen LogP contribution is -2.19.